The average Bonchev–Trinajstić information content (AvgIpc) is 3.29. The molecule has 0 radical (unpaired) electrons. The fourth-order valence-corrected chi connectivity index (χ4v) is 7.64. The first-order valence-electron chi connectivity index (χ1n) is 9.32. The normalized spacial score (nSPS) is 21.0. The van der Waals surface area contributed by atoms with Gasteiger partial charge in [0, 0.05) is 18.0 Å². The minimum Gasteiger partial charge on any atom is -0.297 e. The van der Waals surface area contributed by atoms with E-state index in [4.69, 9.17) is 0 Å². The Hall–Kier alpha value is -1.29. The average molecular weight is 426 g/mol. The third-order valence-corrected chi connectivity index (χ3v) is 9.19. The van der Waals surface area contributed by atoms with Crippen molar-refractivity contribution in [1.82, 2.24) is 9.29 Å². The number of sulfonamides is 1. The van der Waals surface area contributed by atoms with Crippen LogP contribution < -0.4 is 5.32 Å². The molecule has 3 heterocycles. The van der Waals surface area contributed by atoms with Crippen molar-refractivity contribution in [3.05, 3.63) is 26.9 Å². The highest BCUT2D eigenvalue weighted by Gasteiger charge is 2.31. The highest BCUT2D eigenvalue weighted by Crippen LogP contribution is 2.33. The SMILES string of the molecule is C[C@@H]1CCc2nc(NC(=O)c3sccc3S(=O)(=O)N3CCCCC3)sc2C1. The van der Waals surface area contributed by atoms with Crippen molar-refractivity contribution in [2.45, 2.75) is 50.3 Å². The van der Waals surface area contributed by atoms with Crippen molar-refractivity contribution in [3.8, 4) is 0 Å². The third kappa shape index (κ3) is 3.83. The van der Waals surface area contributed by atoms with Crippen LogP contribution in [-0.2, 0) is 22.9 Å². The van der Waals surface area contributed by atoms with E-state index in [1.54, 1.807) is 5.38 Å². The standard InChI is InChI=1S/C18H23N3O3S3/c1-12-5-6-13-14(11-12)26-18(19-13)20-17(22)16-15(7-10-25-16)27(23,24)21-8-3-2-4-9-21/h7,10,12H,2-6,8-9,11H2,1H3,(H,19,20,22)/t12-/m1/s1. The van der Waals surface area contributed by atoms with Gasteiger partial charge in [0.1, 0.15) is 9.77 Å². The number of hydrogen-bond donors (Lipinski definition) is 1. The Balaban J connectivity index is 1.55. The van der Waals surface area contributed by atoms with Gasteiger partial charge in [-0.15, -0.1) is 22.7 Å². The van der Waals surface area contributed by atoms with Crippen LogP contribution in [0.25, 0.3) is 0 Å². The van der Waals surface area contributed by atoms with Crippen LogP contribution in [0.3, 0.4) is 0 Å². The summed E-state index contributed by atoms with van der Waals surface area (Å²) in [4.78, 5) is 18.9. The number of fused-ring (bicyclic) bond motifs is 1. The molecule has 1 saturated heterocycles. The quantitative estimate of drug-likeness (QED) is 0.809. The fourth-order valence-electron chi connectivity index (χ4n) is 3.66. The number of anilines is 1. The maximum absolute atomic E-state index is 13.0. The van der Waals surface area contributed by atoms with Crippen LogP contribution in [0, 0.1) is 5.92 Å². The predicted octanol–water partition coefficient (Wildman–Crippen LogP) is 3.76. The lowest BCUT2D eigenvalue weighted by Gasteiger charge is -2.25. The Labute approximate surface area is 167 Å². The summed E-state index contributed by atoms with van der Waals surface area (Å²) in [5, 5.41) is 5.06. The fraction of sp³-hybridized carbons (Fsp3) is 0.556. The first kappa shape index (κ1) is 19.0. The number of amides is 1. The second kappa shape index (κ2) is 7.62. The summed E-state index contributed by atoms with van der Waals surface area (Å²) >= 11 is 2.67. The Morgan fingerprint density at radius 3 is 2.85 bits per heavy atom. The number of thiophene rings is 1. The maximum atomic E-state index is 13.0. The molecule has 146 valence electrons. The number of nitrogens with zero attached hydrogens (tertiary/aromatic N) is 2. The minimum absolute atomic E-state index is 0.113. The summed E-state index contributed by atoms with van der Waals surface area (Å²) in [6, 6.07) is 1.54. The van der Waals surface area contributed by atoms with Crippen molar-refractivity contribution in [2.24, 2.45) is 5.92 Å². The molecule has 2 aliphatic rings. The molecule has 27 heavy (non-hydrogen) atoms. The maximum Gasteiger partial charge on any atom is 0.268 e. The van der Waals surface area contributed by atoms with Gasteiger partial charge in [-0.05, 0) is 49.5 Å². The number of carbonyl (C=O) groups is 1. The summed E-state index contributed by atoms with van der Waals surface area (Å²) in [5.41, 5.74) is 1.07. The molecule has 4 rings (SSSR count). The molecule has 0 unspecified atom stereocenters. The number of piperidine rings is 1. The van der Waals surface area contributed by atoms with Crippen LogP contribution in [0.15, 0.2) is 16.3 Å². The first-order chi connectivity index (χ1) is 12.9. The monoisotopic (exact) mass is 425 g/mol. The number of aromatic nitrogens is 1. The van der Waals surface area contributed by atoms with Gasteiger partial charge in [-0.2, -0.15) is 4.31 Å². The molecule has 1 aliphatic heterocycles. The molecule has 0 spiro atoms. The number of carbonyl (C=O) groups excluding carboxylic acids is 1. The lowest BCUT2D eigenvalue weighted by atomic mass is 9.93. The summed E-state index contributed by atoms with van der Waals surface area (Å²) in [5.74, 6) is 0.250. The molecule has 1 aliphatic carbocycles. The Bertz CT molecular complexity index is 942. The highest BCUT2D eigenvalue weighted by atomic mass is 32.2. The smallest absolute Gasteiger partial charge is 0.268 e. The van der Waals surface area contributed by atoms with E-state index in [9.17, 15) is 13.2 Å². The zero-order valence-electron chi connectivity index (χ0n) is 15.2. The zero-order chi connectivity index (χ0) is 19.0. The van der Waals surface area contributed by atoms with Crippen LogP contribution in [0.4, 0.5) is 5.13 Å². The number of rotatable bonds is 4. The van der Waals surface area contributed by atoms with Crippen molar-refractivity contribution < 1.29 is 13.2 Å². The van der Waals surface area contributed by atoms with Crippen molar-refractivity contribution >= 4 is 43.7 Å². The molecule has 2 aromatic heterocycles. The van der Waals surface area contributed by atoms with E-state index in [-0.39, 0.29) is 15.7 Å². The molecular formula is C18H23N3O3S3. The molecule has 2 aromatic rings. The first-order valence-corrected chi connectivity index (χ1v) is 12.5. The van der Waals surface area contributed by atoms with Crippen LogP contribution >= 0.6 is 22.7 Å². The van der Waals surface area contributed by atoms with Gasteiger partial charge in [0.15, 0.2) is 5.13 Å². The minimum atomic E-state index is -3.63. The van der Waals surface area contributed by atoms with Crippen molar-refractivity contribution in [1.29, 1.82) is 0 Å². The Morgan fingerprint density at radius 1 is 1.30 bits per heavy atom. The van der Waals surface area contributed by atoms with E-state index in [0.717, 1.165) is 55.6 Å². The van der Waals surface area contributed by atoms with Gasteiger partial charge in [-0.1, -0.05) is 13.3 Å². The molecule has 1 N–H and O–H groups in total. The largest absolute Gasteiger partial charge is 0.297 e. The van der Waals surface area contributed by atoms with Gasteiger partial charge in [0.2, 0.25) is 10.0 Å². The lowest BCUT2D eigenvalue weighted by Crippen LogP contribution is -2.36. The summed E-state index contributed by atoms with van der Waals surface area (Å²) in [6.07, 6.45) is 5.85. The summed E-state index contributed by atoms with van der Waals surface area (Å²) < 4.78 is 27.4. The zero-order valence-corrected chi connectivity index (χ0v) is 17.7. The van der Waals surface area contributed by atoms with Gasteiger partial charge >= 0.3 is 0 Å². The second-order valence-corrected chi connectivity index (χ2v) is 11.2. The van der Waals surface area contributed by atoms with Crippen LogP contribution in [0.2, 0.25) is 0 Å². The number of nitrogens with one attached hydrogen (secondary N) is 1. The number of aryl methyl sites for hydroxylation is 1. The van der Waals surface area contributed by atoms with E-state index in [1.165, 1.54) is 26.6 Å². The molecule has 6 nitrogen and oxygen atoms in total. The lowest BCUT2D eigenvalue weighted by molar-refractivity contribution is 0.102. The van der Waals surface area contributed by atoms with E-state index in [1.807, 2.05) is 0 Å². The van der Waals surface area contributed by atoms with Gasteiger partial charge < -0.3 is 0 Å². The highest BCUT2D eigenvalue weighted by molar-refractivity contribution is 7.89. The summed E-state index contributed by atoms with van der Waals surface area (Å²) in [7, 11) is -3.63. The number of hydrogen-bond acceptors (Lipinski definition) is 6. The van der Waals surface area contributed by atoms with Crippen LogP contribution in [0.5, 0.6) is 0 Å². The predicted molar refractivity (Wildman–Crippen MR) is 108 cm³/mol. The molecular weight excluding hydrogens is 402 g/mol. The van der Waals surface area contributed by atoms with Crippen LogP contribution in [0.1, 0.15) is 52.8 Å². The molecule has 1 fully saturated rings. The molecule has 1 atom stereocenters. The number of thiazole rings is 1. The molecule has 0 aromatic carbocycles. The van der Waals surface area contributed by atoms with Gasteiger partial charge in [0.05, 0.1) is 5.69 Å². The second-order valence-electron chi connectivity index (χ2n) is 7.27. The molecule has 0 saturated carbocycles. The molecule has 1 amide bonds. The van der Waals surface area contributed by atoms with E-state index < -0.39 is 10.0 Å². The topological polar surface area (TPSA) is 79.4 Å². The van der Waals surface area contributed by atoms with E-state index in [2.05, 4.69) is 17.2 Å². The Morgan fingerprint density at radius 2 is 2.07 bits per heavy atom. The van der Waals surface area contributed by atoms with Crippen molar-refractivity contribution in [3.63, 3.8) is 0 Å². The van der Waals surface area contributed by atoms with E-state index in [0.29, 0.717) is 24.1 Å². The van der Waals surface area contributed by atoms with Crippen molar-refractivity contribution in [2.75, 3.05) is 18.4 Å². The molecule has 9 heteroatoms. The Kier molecular flexibility index (Phi) is 5.37. The third-order valence-electron chi connectivity index (χ3n) is 5.17. The van der Waals surface area contributed by atoms with Crippen LogP contribution in [-0.4, -0.2) is 36.7 Å². The molecule has 0 bridgehead atoms. The van der Waals surface area contributed by atoms with Gasteiger partial charge in [-0.25, -0.2) is 13.4 Å². The van der Waals surface area contributed by atoms with Gasteiger partial charge in [-0.3, -0.25) is 10.1 Å². The summed E-state index contributed by atoms with van der Waals surface area (Å²) in [6.45, 7) is 3.28. The van der Waals surface area contributed by atoms with Gasteiger partial charge in [0.25, 0.3) is 5.91 Å². The van der Waals surface area contributed by atoms with E-state index >= 15 is 0 Å².